The summed E-state index contributed by atoms with van der Waals surface area (Å²) in [5.74, 6) is 2.22. The van der Waals surface area contributed by atoms with E-state index in [1.807, 2.05) is 30.3 Å². The molecule has 1 fully saturated rings. The van der Waals surface area contributed by atoms with Gasteiger partial charge in [-0.05, 0) is 67.4 Å². The highest BCUT2D eigenvalue weighted by molar-refractivity contribution is 5.88. The first kappa shape index (κ1) is 21.8. The quantitative estimate of drug-likeness (QED) is 0.523. The largest absolute Gasteiger partial charge is 0.508 e. The molecule has 1 saturated heterocycles. The van der Waals surface area contributed by atoms with Crippen molar-refractivity contribution in [3.63, 3.8) is 0 Å². The number of hydrogen-bond donors (Lipinski definition) is 2. The number of methoxy groups -OCH3 is 2. The molecule has 0 aromatic heterocycles. The van der Waals surface area contributed by atoms with E-state index in [-0.39, 0.29) is 11.5 Å². The van der Waals surface area contributed by atoms with E-state index in [1.165, 1.54) is 12.8 Å². The van der Waals surface area contributed by atoms with Gasteiger partial charge in [-0.3, -0.25) is 4.90 Å². The third-order valence-electron chi connectivity index (χ3n) is 5.81. The molecule has 0 radical (unpaired) electrons. The summed E-state index contributed by atoms with van der Waals surface area (Å²) < 4.78 is 18.0. The summed E-state index contributed by atoms with van der Waals surface area (Å²) in [6.07, 6.45) is 2.46. The van der Waals surface area contributed by atoms with Crippen molar-refractivity contribution in [1.82, 2.24) is 4.90 Å². The highest BCUT2D eigenvalue weighted by Crippen LogP contribution is 2.50. The minimum Gasteiger partial charge on any atom is -0.508 e. The first-order chi connectivity index (χ1) is 15.6. The minimum atomic E-state index is 0.192. The van der Waals surface area contributed by atoms with Gasteiger partial charge in [-0.15, -0.1) is 0 Å². The summed E-state index contributed by atoms with van der Waals surface area (Å²) >= 11 is 0. The van der Waals surface area contributed by atoms with Gasteiger partial charge in [-0.2, -0.15) is 0 Å². The molecule has 3 aromatic carbocycles. The molecule has 0 spiro atoms. The summed E-state index contributed by atoms with van der Waals surface area (Å²) in [5.41, 5.74) is 3.31. The zero-order valence-corrected chi connectivity index (χ0v) is 18.5. The lowest BCUT2D eigenvalue weighted by atomic mass is 9.96. The Morgan fingerprint density at radius 2 is 1.38 bits per heavy atom. The van der Waals surface area contributed by atoms with Gasteiger partial charge in [0, 0.05) is 12.1 Å². The predicted octanol–water partition coefficient (Wildman–Crippen LogP) is 4.92. The second-order valence-electron chi connectivity index (χ2n) is 7.85. The van der Waals surface area contributed by atoms with Crippen LogP contribution in [-0.4, -0.2) is 55.6 Å². The van der Waals surface area contributed by atoms with Crippen LogP contribution in [0.3, 0.4) is 0 Å². The third-order valence-corrected chi connectivity index (χ3v) is 5.81. The molecule has 0 atom stereocenters. The smallest absolute Gasteiger partial charge is 0.173 e. The standard InChI is InChI=1S/C26H29NO5/c1-30-23-17-22(18-5-9-20(28)10-6-18)25(31-2)26(32-16-15-27-13-3-4-14-27)24(23)19-7-11-21(29)12-8-19/h5-12,17,28-29H,3-4,13-16H2,1-2H3. The van der Waals surface area contributed by atoms with Crippen molar-refractivity contribution in [3.8, 4) is 51.0 Å². The van der Waals surface area contributed by atoms with Gasteiger partial charge in [0.2, 0.25) is 0 Å². The number of likely N-dealkylation sites (tertiary alicyclic amines) is 1. The number of nitrogens with zero attached hydrogens (tertiary/aromatic N) is 1. The van der Waals surface area contributed by atoms with E-state index < -0.39 is 0 Å². The van der Waals surface area contributed by atoms with Crippen LogP contribution in [0.15, 0.2) is 54.6 Å². The Balaban J connectivity index is 1.82. The maximum atomic E-state index is 9.76. The fourth-order valence-electron chi connectivity index (χ4n) is 4.16. The fraction of sp³-hybridized carbons (Fsp3) is 0.308. The third kappa shape index (κ3) is 4.60. The van der Waals surface area contributed by atoms with E-state index in [4.69, 9.17) is 14.2 Å². The van der Waals surface area contributed by atoms with Crippen LogP contribution in [-0.2, 0) is 0 Å². The lowest BCUT2D eigenvalue weighted by molar-refractivity contribution is 0.230. The van der Waals surface area contributed by atoms with Gasteiger partial charge >= 0.3 is 0 Å². The number of rotatable bonds is 8. The average molecular weight is 436 g/mol. The summed E-state index contributed by atoms with van der Waals surface area (Å²) in [7, 11) is 3.25. The molecule has 6 nitrogen and oxygen atoms in total. The number of phenolic OH excluding ortho intramolecular Hbond substituents is 2. The van der Waals surface area contributed by atoms with Crippen molar-refractivity contribution in [2.45, 2.75) is 12.8 Å². The zero-order chi connectivity index (χ0) is 22.5. The Labute approximate surface area is 188 Å². The SMILES string of the molecule is COc1cc(-c2ccc(O)cc2)c(OC)c(OCCN2CCCC2)c1-c1ccc(O)cc1. The van der Waals surface area contributed by atoms with Gasteiger partial charge in [-0.25, -0.2) is 0 Å². The Kier molecular flexibility index (Phi) is 6.71. The van der Waals surface area contributed by atoms with E-state index in [1.54, 1.807) is 38.5 Å². The first-order valence-electron chi connectivity index (χ1n) is 10.8. The fourth-order valence-corrected chi connectivity index (χ4v) is 4.16. The molecule has 0 saturated carbocycles. The minimum absolute atomic E-state index is 0.192. The Bertz CT molecular complexity index is 1040. The second-order valence-corrected chi connectivity index (χ2v) is 7.85. The molecule has 3 aromatic rings. The van der Waals surface area contributed by atoms with Gasteiger partial charge in [0.25, 0.3) is 0 Å². The monoisotopic (exact) mass is 435 g/mol. The van der Waals surface area contributed by atoms with E-state index in [0.717, 1.165) is 41.9 Å². The van der Waals surface area contributed by atoms with E-state index in [0.29, 0.717) is 23.9 Å². The normalized spacial score (nSPS) is 13.8. The van der Waals surface area contributed by atoms with Crippen molar-refractivity contribution in [1.29, 1.82) is 0 Å². The lowest BCUT2D eigenvalue weighted by Crippen LogP contribution is -2.25. The molecule has 2 N–H and O–H groups in total. The second kappa shape index (κ2) is 9.83. The average Bonchev–Trinajstić information content (AvgIpc) is 3.33. The van der Waals surface area contributed by atoms with Crippen LogP contribution in [0.4, 0.5) is 0 Å². The molecule has 0 unspecified atom stereocenters. The topological polar surface area (TPSA) is 71.4 Å². The van der Waals surface area contributed by atoms with E-state index in [2.05, 4.69) is 4.90 Å². The number of aromatic hydroxyl groups is 2. The van der Waals surface area contributed by atoms with Crippen LogP contribution in [0.1, 0.15) is 12.8 Å². The van der Waals surface area contributed by atoms with Gasteiger partial charge < -0.3 is 24.4 Å². The predicted molar refractivity (Wildman–Crippen MR) is 125 cm³/mol. The number of benzene rings is 3. The molecule has 0 amide bonds. The maximum Gasteiger partial charge on any atom is 0.173 e. The summed E-state index contributed by atoms with van der Waals surface area (Å²) in [4.78, 5) is 2.40. The van der Waals surface area contributed by atoms with Crippen molar-refractivity contribution in [2.24, 2.45) is 0 Å². The molecule has 6 heteroatoms. The molecular formula is C26H29NO5. The van der Waals surface area contributed by atoms with Gasteiger partial charge in [0.05, 0.1) is 19.8 Å². The molecule has 32 heavy (non-hydrogen) atoms. The Hall–Kier alpha value is -3.38. The van der Waals surface area contributed by atoms with Gasteiger partial charge in [0.1, 0.15) is 23.9 Å². The molecule has 0 aliphatic carbocycles. The highest BCUT2D eigenvalue weighted by Gasteiger charge is 2.24. The van der Waals surface area contributed by atoms with Crippen molar-refractivity contribution >= 4 is 0 Å². The molecule has 1 aliphatic rings. The van der Waals surface area contributed by atoms with E-state index in [9.17, 15) is 10.2 Å². The molecule has 168 valence electrons. The van der Waals surface area contributed by atoms with E-state index >= 15 is 0 Å². The zero-order valence-electron chi connectivity index (χ0n) is 18.5. The first-order valence-corrected chi connectivity index (χ1v) is 10.8. The number of hydrogen-bond acceptors (Lipinski definition) is 6. The van der Waals surface area contributed by atoms with Gasteiger partial charge in [0.15, 0.2) is 11.5 Å². The van der Waals surface area contributed by atoms with Crippen LogP contribution < -0.4 is 14.2 Å². The maximum absolute atomic E-state index is 9.76. The number of ether oxygens (including phenoxy) is 3. The molecular weight excluding hydrogens is 406 g/mol. The van der Waals surface area contributed by atoms with Crippen LogP contribution >= 0.6 is 0 Å². The van der Waals surface area contributed by atoms with Crippen LogP contribution in [0.25, 0.3) is 22.3 Å². The van der Waals surface area contributed by atoms with Crippen molar-refractivity contribution < 1.29 is 24.4 Å². The Morgan fingerprint density at radius 3 is 1.94 bits per heavy atom. The lowest BCUT2D eigenvalue weighted by Gasteiger charge is -2.22. The molecule has 1 aliphatic heterocycles. The van der Waals surface area contributed by atoms with Crippen LogP contribution in [0.2, 0.25) is 0 Å². The highest BCUT2D eigenvalue weighted by atomic mass is 16.5. The summed E-state index contributed by atoms with van der Waals surface area (Å²) in [5, 5.41) is 19.5. The van der Waals surface area contributed by atoms with Crippen molar-refractivity contribution in [3.05, 3.63) is 54.6 Å². The molecule has 4 rings (SSSR count). The summed E-state index contributed by atoms with van der Waals surface area (Å²) in [6.45, 7) is 3.55. The van der Waals surface area contributed by atoms with Crippen LogP contribution in [0.5, 0.6) is 28.7 Å². The number of phenols is 2. The van der Waals surface area contributed by atoms with Crippen LogP contribution in [0, 0.1) is 0 Å². The van der Waals surface area contributed by atoms with Gasteiger partial charge in [-0.1, -0.05) is 24.3 Å². The molecule has 1 heterocycles. The summed E-state index contributed by atoms with van der Waals surface area (Å²) in [6, 6.07) is 15.8. The van der Waals surface area contributed by atoms with Crippen molar-refractivity contribution in [2.75, 3.05) is 40.5 Å². The molecule has 0 bridgehead atoms. The Morgan fingerprint density at radius 1 is 0.781 bits per heavy atom.